The number of halogens is 1. The van der Waals surface area contributed by atoms with Crippen molar-refractivity contribution in [1.29, 1.82) is 0 Å². The van der Waals surface area contributed by atoms with E-state index in [0.717, 1.165) is 23.2 Å². The molecule has 1 N–H and O–H groups in total. The lowest BCUT2D eigenvalue weighted by Crippen LogP contribution is -2.24. The van der Waals surface area contributed by atoms with Gasteiger partial charge in [0.2, 0.25) is 0 Å². The minimum absolute atomic E-state index is 0. The molecule has 0 aliphatic heterocycles. The van der Waals surface area contributed by atoms with Crippen molar-refractivity contribution in [2.45, 2.75) is 26.3 Å². The smallest absolute Gasteiger partial charge is 0.257 e. The lowest BCUT2D eigenvalue weighted by Gasteiger charge is -2.04. The van der Waals surface area contributed by atoms with Crippen molar-refractivity contribution < 1.29 is 4.52 Å². The van der Waals surface area contributed by atoms with Crippen LogP contribution in [0.15, 0.2) is 41.2 Å². The number of nitrogens with one attached hydrogen (secondary N) is 1. The molecule has 122 valence electrons. The maximum Gasteiger partial charge on any atom is 0.257 e. The van der Waals surface area contributed by atoms with Crippen LogP contribution >= 0.6 is 12.4 Å². The number of nitrogens with zero attached hydrogens (tertiary/aromatic N) is 4. The molecular weight excluding hydrogens is 314 g/mol. The van der Waals surface area contributed by atoms with Gasteiger partial charge < -0.3 is 9.84 Å². The minimum atomic E-state index is 0. The summed E-state index contributed by atoms with van der Waals surface area (Å²) in [4.78, 5) is 4.43. The molecule has 6 nitrogen and oxygen atoms in total. The van der Waals surface area contributed by atoms with Gasteiger partial charge in [-0.25, -0.2) is 4.68 Å². The second-order valence-electron chi connectivity index (χ2n) is 5.42. The van der Waals surface area contributed by atoms with Gasteiger partial charge in [-0.1, -0.05) is 5.16 Å². The van der Waals surface area contributed by atoms with Gasteiger partial charge in [-0.05, 0) is 50.7 Å². The van der Waals surface area contributed by atoms with E-state index in [-0.39, 0.29) is 12.4 Å². The lowest BCUT2D eigenvalue weighted by molar-refractivity contribution is 0.418. The van der Waals surface area contributed by atoms with Crippen LogP contribution in [0.3, 0.4) is 0 Å². The number of hydrogen-bond donors (Lipinski definition) is 1. The number of likely N-dealkylation sites (N-methyl/N-ethyl adjacent to an activating group) is 1. The zero-order valence-corrected chi connectivity index (χ0v) is 14.2. The summed E-state index contributed by atoms with van der Waals surface area (Å²) in [5.41, 5.74) is 3.04. The van der Waals surface area contributed by atoms with Crippen LogP contribution in [0, 0.1) is 6.92 Å². The maximum absolute atomic E-state index is 5.33. The number of rotatable bonds is 5. The zero-order valence-electron chi connectivity index (χ0n) is 13.4. The molecule has 0 fully saturated rings. The summed E-state index contributed by atoms with van der Waals surface area (Å²) in [5.74, 6) is 1.25. The highest BCUT2D eigenvalue weighted by molar-refractivity contribution is 5.85. The van der Waals surface area contributed by atoms with Gasteiger partial charge in [-0.15, -0.1) is 12.4 Å². The summed E-state index contributed by atoms with van der Waals surface area (Å²) in [6, 6.07) is 8.22. The summed E-state index contributed by atoms with van der Waals surface area (Å²) in [6.45, 7) is 4.10. The van der Waals surface area contributed by atoms with Crippen LogP contribution in [-0.2, 0) is 6.42 Å². The quantitative estimate of drug-likeness (QED) is 0.777. The van der Waals surface area contributed by atoms with E-state index in [9.17, 15) is 0 Å². The van der Waals surface area contributed by atoms with E-state index in [1.807, 2.05) is 55.3 Å². The van der Waals surface area contributed by atoms with Crippen molar-refractivity contribution in [1.82, 2.24) is 25.2 Å². The molecule has 0 spiro atoms. The van der Waals surface area contributed by atoms with E-state index in [2.05, 4.69) is 27.5 Å². The molecule has 1 unspecified atom stereocenters. The Kier molecular flexibility index (Phi) is 5.52. The Balaban J connectivity index is 0.00000192. The molecule has 2 heterocycles. The summed E-state index contributed by atoms with van der Waals surface area (Å²) in [7, 11) is 1.92. The van der Waals surface area contributed by atoms with E-state index in [1.165, 1.54) is 0 Å². The van der Waals surface area contributed by atoms with Crippen LogP contribution < -0.4 is 5.32 Å². The second-order valence-corrected chi connectivity index (χ2v) is 5.42. The van der Waals surface area contributed by atoms with E-state index in [0.29, 0.717) is 17.8 Å². The van der Waals surface area contributed by atoms with Gasteiger partial charge in [0.15, 0.2) is 5.82 Å². The van der Waals surface area contributed by atoms with Gasteiger partial charge in [0.1, 0.15) is 0 Å². The van der Waals surface area contributed by atoms with Crippen LogP contribution in [-0.4, -0.2) is 33.0 Å². The van der Waals surface area contributed by atoms with Gasteiger partial charge >= 0.3 is 0 Å². The van der Waals surface area contributed by atoms with Crippen LogP contribution in [0.25, 0.3) is 17.1 Å². The van der Waals surface area contributed by atoms with Crippen molar-refractivity contribution in [3.63, 3.8) is 0 Å². The Morgan fingerprint density at radius 3 is 2.61 bits per heavy atom. The van der Waals surface area contributed by atoms with Crippen molar-refractivity contribution in [2.75, 3.05) is 7.05 Å². The Bertz CT molecular complexity index is 750. The highest BCUT2D eigenvalue weighted by atomic mass is 35.5. The first-order chi connectivity index (χ1) is 10.7. The van der Waals surface area contributed by atoms with Crippen LogP contribution in [0.4, 0.5) is 0 Å². The van der Waals surface area contributed by atoms with Crippen LogP contribution in [0.1, 0.15) is 18.3 Å². The van der Waals surface area contributed by atoms with Gasteiger partial charge in [0, 0.05) is 24.2 Å². The van der Waals surface area contributed by atoms with Crippen molar-refractivity contribution in [2.24, 2.45) is 0 Å². The molecule has 0 aliphatic rings. The summed E-state index contributed by atoms with van der Waals surface area (Å²) in [6.07, 6.45) is 4.56. The van der Waals surface area contributed by atoms with Crippen molar-refractivity contribution in [3.8, 4) is 17.1 Å². The molecule has 0 bridgehead atoms. The summed E-state index contributed by atoms with van der Waals surface area (Å²) in [5, 5.41) is 11.5. The monoisotopic (exact) mass is 333 g/mol. The van der Waals surface area contributed by atoms with Gasteiger partial charge in [-0.3, -0.25) is 0 Å². The molecule has 7 heteroatoms. The fourth-order valence-corrected chi connectivity index (χ4v) is 2.14. The number of aromatic nitrogens is 4. The summed E-state index contributed by atoms with van der Waals surface area (Å²) >= 11 is 0. The fourth-order valence-electron chi connectivity index (χ4n) is 2.14. The molecule has 0 radical (unpaired) electrons. The number of benzene rings is 1. The topological polar surface area (TPSA) is 68.8 Å². The molecule has 3 rings (SSSR count). The third-order valence-electron chi connectivity index (χ3n) is 3.54. The van der Waals surface area contributed by atoms with E-state index in [4.69, 9.17) is 4.52 Å². The molecule has 3 aromatic rings. The molecule has 0 saturated heterocycles. The lowest BCUT2D eigenvalue weighted by atomic mass is 10.2. The molecule has 23 heavy (non-hydrogen) atoms. The van der Waals surface area contributed by atoms with Crippen LogP contribution in [0.5, 0.6) is 0 Å². The third kappa shape index (κ3) is 3.97. The Hall–Kier alpha value is -2.18. The Labute approximate surface area is 141 Å². The van der Waals surface area contributed by atoms with Crippen molar-refractivity contribution >= 4 is 12.4 Å². The molecule has 1 aromatic carbocycles. The van der Waals surface area contributed by atoms with E-state index < -0.39 is 0 Å². The summed E-state index contributed by atoms with van der Waals surface area (Å²) < 4.78 is 7.17. The zero-order chi connectivity index (χ0) is 15.5. The standard InChI is InChI=1S/C16H19N5O.ClH/c1-11-9-18-21(10-11)14-6-4-13(5-7-14)16-19-15(20-22-16)8-12(2)17-3;/h4-7,9-10,12,17H,8H2,1-3H3;1H. The van der Waals surface area contributed by atoms with Gasteiger partial charge in [0.25, 0.3) is 5.89 Å². The van der Waals surface area contributed by atoms with E-state index >= 15 is 0 Å². The predicted octanol–water partition coefficient (Wildman–Crippen LogP) is 2.80. The molecule has 2 aromatic heterocycles. The van der Waals surface area contributed by atoms with E-state index in [1.54, 1.807) is 0 Å². The Morgan fingerprint density at radius 1 is 1.26 bits per heavy atom. The minimum Gasteiger partial charge on any atom is -0.334 e. The highest BCUT2D eigenvalue weighted by Crippen LogP contribution is 2.19. The second kappa shape index (κ2) is 7.39. The molecule has 0 saturated carbocycles. The number of aryl methyl sites for hydroxylation is 1. The predicted molar refractivity (Wildman–Crippen MR) is 91.1 cm³/mol. The fraction of sp³-hybridized carbons (Fsp3) is 0.312. The van der Waals surface area contributed by atoms with Gasteiger partial charge in [0.05, 0.1) is 11.9 Å². The molecule has 0 aliphatic carbocycles. The SMILES string of the molecule is CNC(C)Cc1noc(-c2ccc(-n3cc(C)cn3)cc2)n1.Cl. The van der Waals surface area contributed by atoms with Crippen LogP contribution in [0.2, 0.25) is 0 Å². The van der Waals surface area contributed by atoms with Gasteiger partial charge in [-0.2, -0.15) is 10.1 Å². The van der Waals surface area contributed by atoms with Crippen molar-refractivity contribution in [3.05, 3.63) is 48.0 Å². The average Bonchev–Trinajstić information content (AvgIpc) is 3.16. The first kappa shape index (κ1) is 17.2. The first-order valence-corrected chi connectivity index (χ1v) is 7.27. The average molecular weight is 334 g/mol. The molecule has 1 atom stereocenters. The first-order valence-electron chi connectivity index (χ1n) is 7.27. The molecular formula is C16H20ClN5O. The Morgan fingerprint density at radius 2 is 2.00 bits per heavy atom. The number of hydrogen-bond acceptors (Lipinski definition) is 5. The normalized spacial score (nSPS) is 12.0. The third-order valence-corrected chi connectivity index (χ3v) is 3.54. The highest BCUT2D eigenvalue weighted by Gasteiger charge is 2.11. The largest absolute Gasteiger partial charge is 0.334 e. The molecule has 0 amide bonds. The maximum atomic E-state index is 5.33.